The number of hydrogen-bond donors (Lipinski definition) is 2. The Hall–Kier alpha value is -1.50. The number of carbonyl (C=O) groups excluding carboxylic acids is 1. The minimum Gasteiger partial charge on any atom is -0.381 e. The number of carbonyl (C=O) groups is 1. The van der Waals surface area contributed by atoms with Crippen molar-refractivity contribution in [2.45, 2.75) is 44.7 Å². The standard InChI is InChI=1S/C18H23FN2O3/c19-16-7-13(17(22)20-23)6-12-2-4-21(10-15(12)16)14-8-18(9-14)3-1-5-24-11-18/h6-7,14,23H,1-5,8-11H2,(H,20,22)/t14-,18-. The van der Waals surface area contributed by atoms with Crippen LogP contribution in [0, 0.1) is 11.2 Å². The molecule has 3 aliphatic rings. The summed E-state index contributed by atoms with van der Waals surface area (Å²) in [5.41, 5.74) is 3.67. The van der Waals surface area contributed by atoms with E-state index in [1.54, 1.807) is 11.5 Å². The van der Waals surface area contributed by atoms with Crippen LogP contribution in [-0.2, 0) is 17.7 Å². The van der Waals surface area contributed by atoms with Gasteiger partial charge in [0.1, 0.15) is 5.82 Å². The van der Waals surface area contributed by atoms with E-state index in [2.05, 4.69) is 4.90 Å². The molecule has 1 amide bonds. The average Bonchev–Trinajstić information content (AvgIpc) is 2.59. The summed E-state index contributed by atoms with van der Waals surface area (Å²) in [6.07, 6.45) is 5.44. The molecule has 2 heterocycles. The summed E-state index contributed by atoms with van der Waals surface area (Å²) in [5.74, 6) is -1.02. The second-order valence-electron chi connectivity index (χ2n) is 7.48. The lowest BCUT2D eigenvalue weighted by atomic mass is 9.62. The number of nitrogens with one attached hydrogen (secondary N) is 1. The van der Waals surface area contributed by atoms with Crippen molar-refractivity contribution in [1.29, 1.82) is 0 Å². The summed E-state index contributed by atoms with van der Waals surface area (Å²) in [7, 11) is 0. The number of nitrogens with zero attached hydrogens (tertiary/aromatic N) is 1. The first kappa shape index (κ1) is 16.0. The van der Waals surface area contributed by atoms with E-state index in [-0.39, 0.29) is 11.4 Å². The van der Waals surface area contributed by atoms with E-state index in [1.807, 2.05) is 0 Å². The first-order valence-electron chi connectivity index (χ1n) is 8.68. The van der Waals surface area contributed by atoms with Crippen molar-refractivity contribution in [1.82, 2.24) is 10.4 Å². The topological polar surface area (TPSA) is 61.8 Å². The number of hydroxylamine groups is 1. The van der Waals surface area contributed by atoms with Gasteiger partial charge in [-0.3, -0.25) is 14.9 Å². The molecule has 2 aliphatic heterocycles. The van der Waals surface area contributed by atoms with Crippen LogP contribution < -0.4 is 5.48 Å². The quantitative estimate of drug-likeness (QED) is 0.643. The number of amides is 1. The fourth-order valence-electron chi connectivity index (χ4n) is 4.58. The van der Waals surface area contributed by atoms with Gasteiger partial charge in [0, 0.05) is 36.9 Å². The molecule has 1 aromatic rings. The lowest BCUT2D eigenvalue weighted by molar-refractivity contribution is -0.0985. The predicted octanol–water partition coefficient (Wildman–Crippen LogP) is 2.26. The van der Waals surface area contributed by atoms with Gasteiger partial charge < -0.3 is 4.74 Å². The highest BCUT2D eigenvalue weighted by molar-refractivity contribution is 5.93. The van der Waals surface area contributed by atoms with Gasteiger partial charge >= 0.3 is 0 Å². The Morgan fingerprint density at radius 3 is 2.96 bits per heavy atom. The molecule has 2 N–H and O–H groups in total. The largest absolute Gasteiger partial charge is 0.381 e. The van der Waals surface area contributed by atoms with Crippen LogP contribution in [0.1, 0.15) is 47.2 Å². The second kappa shape index (κ2) is 6.10. The van der Waals surface area contributed by atoms with Gasteiger partial charge in [-0.1, -0.05) is 0 Å². The molecule has 0 unspecified atom stereocenters. The molecule has 1 saturated carbocycles. The number of halogens is 1. The fraction of sp³-hybridized carbons (Fsp3) is 0.611. The van der Waals surface area contributed by atoms with Gasteiger partial charge in [0.25, 0.3) is 5.91 Å². The Morgan fingerprint density at radius 2 is 2.25 bits per heavy atom. The van der Waals surface area contributed by atoms with E-state index in [0.29, 0.717) is 23.6 Å². The molecule has 1 saturated heterocycles. The van der Waals surface area contributed by atoms with Gasteiger partial charge in [-0.05, 0) is 55.2 Å². The summed E-state index contributed by atoms with van der Waals surface area (Å²) >= 11 is 0. The van der Waals surface area contributed by atoms with Crippen LogP contribution >= 0.6 is 0 Å². The van der Waals surface area contributed by atoms with Crippen LogP contribution in [0.2, 0.25) is 0 Å². The third-order valence-corrected chi connectivity index (χ3v) is 5.94. The second-order valence-corrected chi connectivity index (χ2v) is 7.48. The molecule has 5 nitrogen and oxygen atoms in total. The molecule has 2 fully saturated rings. The van der Waals surface area contributed by atoms with Gasteiger partial charge in [-0.25, -0.2) is 9.87 Å². The number of hydrogen-bond acceptors (Lipinski definition) is 4. The highest BCUT2D eigenvalue weighted by Crippen LogP contribution is 2.49. The van der Waals surface area contributed by atoms with Crippen LogP contribution in [0.25, 0.3) is 0 Å². The Labute approximate surface area is 140 Å². The molecule has 4 rings (SSSR count). The van der Waals surface area contributed by atoms with E-state index in [0.717, 1.165) is 51.0 Å². The zero-order valence-corrected chi connectivity index (χ0v) is 13.7. The SMILES string of the molecule is O=C(NO)c1cc(F)c2c(c1)CCN([C@H]1C[C@@]3(CCCOC3)C1)C2. The van der Waals surface area contributed by atoms with Crippen LogP contribution in [0.4, 0.5) is 4.39 Å². The normalized spacial score (nSPS) is 29.8. The molecule has 6 heteroatoms. The maximum absolute atomic E-state index is 14.4. The minimum absolute atomic E-state index is 0.171. The van der Waals surface area contributed by atoms with Gasteiger partial charge in [-0.15, -0.1) is 0 Å². The maximum atomic E-state index is 14.4. The van der Waals surface area contributed by atoms with Crippen molar-refractivity contribution >= 4 is 5.91 Å². The summed E-state index contributed by atoms with van der Waals surface area (Å²) < 4.78 is 20.1. The lowest BCUT2D eigenvalue weighted by Crippen LogP contribution is -2.55. The number of benzene rings is 1. The van der Waals surface area contributed by atoms with E-state index >= 15 is 0 Å². The van der Waals surface area contributed by atoms with Crippen molar-refractivity contribution in [3.05, 3.63) is 34.6 Å². The van der Waals surface area contributed by atoms with Gasteiger partial charge in [0.15, 0.2) is 0 Å². The molecular weight excluding hydrogens is 311 g/mol. The number of ether oxygens (including phenoxy) is 1. The monoisotopic (exact) mass is 334 g/mol. The minimum atomic E-state index is -0.669. The molecule has 1 spiro atoms. The molecule has 1 aliphatic carbocycles. The smallest absolute Gasteiger partial charge is 0.274 e. The number of fused-ring (bicyclic) bond motifs is 1. The molecule has 0 bridgehead atoms. The highest BCUT2D eigenvalue weighted by atomic mass is 19.1. The van der Waals surface area contributed by atoms with E-state index in [4.69, 9.17) is 9.94 Å². The van der Waals surface area contributed by atoms with E-state index < -0.39 is 5.91 Å². The third-order valence-electron chi connectivity index (χ3n) is 5.94. The molecular formula is C18H23FN2O3. The van der Waals surface area contributed by atoms with Crippen molar-refractivity contribution in [3.8, 4) is 0 Å². The zero-order chi connectivity index (χ0) is 16.7. The van der Waals surface area contributed by atoms with Crippen LogP contribution in [-0.4, -0.2) is 41.8 Å². The summed E-state index contributed by atoms with van der Waals surface area (Å²) in [6.45, 7) is 3.25. The molecule has 24 heavy (non-hydrogen) atoms. The Balaban J connectivity index is 1.46. The van der Waals surface area contributed by atoms with Gasteiger partial charge in [0.2, 0.25) is 0 Å². The predicted molar refractivity (Wildman–Crippen MR) is 85.3 cm³/mol. The maximum Gasteiger partial charge on any atom is 0.274 e. The van der Waals surface area contributed by atoms with Crippen molar-refractivity contribution in [2.24, 2.45) is 5.41 Å². The third kappa shape index (κ3) is 2.72. The summed E-state index contributed by atoms with van der Waals surface area (Å²) in [5, 5.41) is 8.72. The van der Waals surface area contributed by atoms with Crippen LogP contribution in [0.3, 0.4) is 0 Å². The van der Waals surface area contributed by atoms with Crippen LogP contribution in [0.15, 0.2) is 12.1 Å². The van der Waals surface area contributed by atoms with Gasteiger partial charge in [0.05, 0.1) is 6.61 Å². The molecule has 0 atom stereocenters. The zero-order valence-electron chi connectivity index (χ0n) is 13.7. The Bertz CT molecular complexity index is 650. The molecule has 1 aromatic carbocycles. The summed E-state index contributed by atoms with van der Waals surface area (Å²) in [4.78, 5) is 13.9. The van der Waals surface area contributed by atoms with Gasteiger partial charge in [-0.2, -0.15) is 0 Å². The number of rotatable bonds is 2. The van der Waals surface area contributed by atoms with Crippen LogP contribution in [0.5, 0.6) is 0 Å². The summed E-state index contributed by atoms with van der Waals surface area (Å²) in [6, 6.07) is 3.42. The van der Waals surface area contributed by atoms with E-state index in [9.17, 15) is 9.18 Å². The first-order valence-corrected chi connectivity index (χ1v) is 8.68. The van der Waals surface area contributed by atoms with Crippen molar-refractivity contribution < 1.29 is 19.1 Å². The van der Waals surface area contributed by atoms with Crippen molar-refractivity contribution in [3.63, 3.8) is 0 Å². The Morgan fingerprint density at radius 1 is 1.42 bits per heavy atom. The lowest BCUT2D eigenvalue weighted by Gasteiger charge is -2.54. The van der Waals surface area contributed by atoms with Crippen molar-refractivity contribution in [2.75, 3.05) is 19.8 Å². The van der Waals surface area contributed by atoms with E-state index in [1.165, 1.54) is 12.5 Å². The molecule has 0 aromatic heterocycles. The molecule has 0 radical (unpaired) electrons. The average molecular weight is 334 g/mol. The first-order chi connectivity index (χ1) is 11.6. The Kier molecular flexibility index (Phi) is 4.06. The highest BCUT2D eigenvalue weighted by Gasteiger charge is 2.47. The fourth-order valence-corrected chi connectivity index (χ4v) is 4.58. The molecule has 130 valence electrons.